The fraction of sp³-hybridized carbons (Fsp3) is 0.435. The number of carbonyl (C=O) groups excluding carboxylic acids is 3. The summed E-state index contributed by atoms with van der Waals surface area (Å²) in [6.07, 6.45) is 1.92. The molecule has 1 atom stereocenters. The molecule has 2 fully saturated rings. The maximum atomic E-state index is 12.5. The average molecular weight is 409 g/mol. The van der Waals surface area contributed by atoms with E-state index in [4.69, 9.17) is 0 Å². The number of hydrogen-bond acceptors (Lipinski definition) is 4. The van der Waals surface area contributed by atoms with Crippen molar-refractivity contribution in [2.45, 2.75) is 31.8 Å². The van der Waals surface area contributed by atoms with Gasteiger partial charge in [-0.2, -0.15) is 0 Å². The van der Waals surface area contributed by atoms with Crippen LogP contribution in [0.4, 0.5) is 0 Å². The maximum Gasteiger partial charge on any atom is 0.311 e. The Bertz CT molecular complexity index is 948. The highest BCUT2D eigenvalue weighted by Gasteiger charge is 2.31. The normalized spacial score (nSPS) is 18.1. The molecule has 30 heavy (non-hydrogen) atoms. The standard InChI is InChI=1S/C23H28N4O3/c1-16(18-7-6-17-4-2-3-5-19(17)14-18)24-21(28)15-26-10-12-27(13-11-26)23(30)22(29)25-20-8-9-20/h2-7,14,16,20H,8-13,15H2,1H3,(H,24,28)(H,25,29). The Morgan fingerprint density at radius 3 is 2.40 bits per heavy atom. The molecule has 1 aliphatic carbocycles. The number of benzene rings is 2. The van der Waals surface area contributed by atoms with Crippen LogP contribution in [0.15, 0.2) is 42.5 Å². The van der Waals surface area contributed by atoms with Crippen molar-refractivity contribution in [3.05, 3.63) is 48.0 Å². The molecule has 1 unspecified atom stereocenters. The molecule has 4 rings (SSSR count). The number of hydrogen-bond donors (Lipinski definition) is 2. The molecule has 158 valence electrons. The largest absolute Gasteiger partial charge is 0.348 e. The van der Waals surface area contributed by atoms with E-state index in [2.05, 4.69) is 34.9 Å². The van der Waals surface area contributed by atoms with E-state index in [1.165, 1.54) is 5.39 Å². The fourth-order valence-electron chi connectivity index (χ4n) is 3.78. The summed E-state index contributed by atoms with van der Waals surface area (Å²) < 4.78 is 0. The van der Waals surface area contributed by atoms with Gasteiger partial charge in [-0.05, 0) is 42.2 Å². The quantitative estimate of drug-likeness (QED) is 0.734. The Hall–Kier alpha value is -2.93. The smallest absolute Gasteiger partial charge is 0.311 e. The van der Waals surface area contributed by atoms with Gasteiger partial charge in [0.2, 0.25) is 5.91 Å². The molecule has 0 radical (unpaired) electrons. The zero-order valence-electron chi connectivity index (χ0n) is 17.3. The van der Waals surface area contributed by atoms with Crippen molar-refractivity contribution in [1.82, 2.24) is 20.4 Å². The second kappa shape index (κ2) is 8.83. The molecular formula is C23H28N4O3. The van der Waals surface area contributed by atoms with E-state index in [9.17, 15) is 14.4 Å². The van der Waals surface area contributed by atoms with Crippen LogP contribution in [0, 0.1) is 0 Å². The lowest BCUT2D eigenvalue weighted by Gasteiger charge is -2.34. The first-order valence-electron chi connectivity index (χ1n) is 10.6. The first kappa shape index (κ1) is 20.3. The van der Waals surface area contributed by atoms with Crippen molar-refractivity contribution >= 4 is 28.5 Å². The average Bonchev–Trinajstić information content (AvgIpc) is 3.57. The number of rotatable bonds is 5. The lowest BCUT2D eigenvalue weighted by atomic mass is 10.0. The monoisotopic (exact) mass is 408 g/mol. The number of amides is 3. The molecule has 1 saturated carbocycles. The van der Waals surface area contributed by atoms with Crippen LogP contribution in [0.2, 0.25) is 0 Å². The molecule has 7 nitrogen and oxygen atoms in total. The van der Waals surface area contributed by atoms with Crippen molar-refractivity contribution < 1.29 is 14.4 Å². The van der Waals surface area contributed by atoms with Crippen LogP contribution in [-0.2, 0) is 14.4 Å². The summed E-state index contributed by atoms with van der Waals surface area (Å²) in [6, 6.07) is 14.5. The van der Waals surface area contributed by atoms with Gasteiger partial charge < -0.3 is 15.5 Å². The summed E-state index contributed by atoms with van der Waals surface area (Å²) in [4.78, 5) is 40.2. The third-order valence-electron chi connectivity index (χ3n) is 5.78. The van der Waals surface area contributed by atoms with Gasteiger partial charge in [0.15, 0.2) is 0 Å². The molecule has 2 aliphatic rings. The minimum atomic E-state index is -0.507. The van der Waals surface area contributed by atoms with Crippen molar-refractivity contribution in [2.75, 3.05) is 32.7 Å². The second-order valence-electron chi connectivity index (χ2n) is 8.21. The van der Waals surface area contributed by atoms with Crippen LogP contribution in [0.3, 0.4) is 0 Å². The SMILES string of the molecule is CC(NC(=O)CN1CCN(C(=O)C(=O)NC2CC2)CC1)c1ccc2ccccc2c1. The molecule has 1 saturated heterocycles. The van der Waals surface area contributed by atoms with Gasteiger partial charge in [-0.25, -0.2) is 0 Å². The summed E-state index contributed by atoms with van der Waals surface area (Å²) in [7, 11) is 0. The zero-order valence-corrected chi connectivity index (χ0v) is 17.3. The summed E-state index contributed by atoms with van der Waals surface area (Å²) in [5.74, 6) is -1.01. The Morgan fingerprint density at radius 1 is 1.00 bits per heavy atom. The Balaban J connectivity index is 1.24. The first-order valence-corrected chi connectivity index (χ1v) is 10.6. The van der Waals surface area contributed by atoms with E-state index in [-0.39, 0.29) is 24.5 Å². The molecule has 1 heterocycles. The van der Waals surface area contributed by atoms with Crippen molar-refractivity contribution in [3.63, 3.8) is 0 Å². The van der Waals surface area contributed by atoms with Crippen LogP contribution >= 0.6 is 0 Å². The Labute approximate surface area is 176 Å². The van der Waals surface area contributed by atoms with E-state index in [1.807, 2.05) is 30.0 Å². The van der Waals surface area contributed by atoms with Crippen LogP contribution in [0.25, 0.3) is 10.8 Å². The molecule has 1 aliphatic heterocycles. The molecule has 0 aromatic heterocycles. The van der Waals surface area contributed by atoms with Crippen molar-refractivity contribution in [1.29, 1.82) is 0 Å². The lowest BCUT2D eigenvalue weighted by Crippen LogP contribution is -2.54. The fourth-order valence-corrected chi connectivity index (χ4v) is 3.78. The van der Waals surface area contributed by atoms with Gasteiger partial charge in [-0.3, -0.25) is 19.3 Å². The summed E-state index contributed by atoms with van der Waals surface area (Å²) in [5.41, 5.74) is 1.07. The van der Waals surface area contributed by atoms with Gasteiger partial charge in [0.1, 0.15) is 0 Å². The van der Waals surface area contributed by atoms with Gasteiger partial charge >= 0.3 is 11.8 Å². The number of piperazine rings is 1. The zero-order chi connectivity index (χ0) is 21.1. The summed E-state index contributed by atoms with van der Waals surface area (Å²) >= 11 is 0. The van der Waals surface area contributed by atoms with E-state index >= 15 is 0 Å². The molecule has 2 aromatic carbocycles. The minimum Gasteiger partial charge on any atom is -0.348 e. The van der Waals surface area contributed by atoms with Gasteiger partial charge in [-0.1, -0.05) is 36.4 Å². The first-order chi connectivity index (χ1) is 14.5. The van der Waals surface area contributed by atoms with E-state index in [1.54, 1.807) is 4.90 Å². The molecule has 2 N–H and O–H groups in total. The highest BCUT2D eigenvalue weighted by molar-refractivity contribution is 6.35. The molecule has 3 amide bonds. The minimum absolute atomic E-state index is 0.0399. The Kier molecular flexibility index (Phi) is 5.99. The van der Waals surface area contributed by atoms with Crippen LogP contribution in [0.5, 0.6) is 0 Å². The third kappa shape index (κ3) is 4.97. The third-order valence-corrected chi connectivity index (χ3v) is 5.78. The van der Waals surface area contributed by atoms with Crippen LogP contribution in [0.1, 0.15) is 31.4 Å². The molecular weight excluding hydrogens is 380 g/mol. The molecule has 0 bridgehead atoms. The predicted molar refractivity (Wildman–Crippen MR) is 115 cm³/mol. The van der Waals surface area contributed by atoms with E-state index < -0.39 is 11.8 Å². The summed E-state index contributed by atoms with van der Waals surface area (Å²) in [5, 5.41) is 8.13. The van der Waals surface area contributed by atoms with Crippen molar-refractivity contribution in [3.8, 4) is 0 Å². The topological polar surface area (TPSA) is 81.8 Å². The van der Waals surface area contributed by atoms with E-state index in [0.717, 1.165) is 23.8 Å². The predicted octanol–water partition coefficient (Wildman–Crippen LogP) is 1.44. The number of nitrogens with zero attached hydrogens (tertiary/aromatic N) is 2. The van der Waals surface area contributed by atoms with Crippen molar-refractivity contribution in [2.24, 2.45) is 0 Å². The second-order valence-corrected chi connectivity index (χ2v) is 8.21. The van der Waals surface area contributed by atoms with E-state index in [0.29, 0.717) is 26.2 Å². The Morgan fingerprint density at radius 2 is 1.70 bits per heavy atom. The van der Waals surface area contributed by atoms with Crippen LogP contribution in [-0.4, -0.2) is 66.3 Å². The highest BCUT2D eigenvalue weighted by Crippen LogP contribution is 2.20. The molecule has 7 heteroatoms. The molecule has 2 aromatic rings. The lowest BCUT2D eigenvalue weighted by molar-refractivity contribution is -0.147. The van der Waals surface area contributed by atoms with Gasteiger partial charge in [0.25, 0.3) is 0 Å². The summed E-state index contributed by atoms with van der Waals surface area (Å²) in [6.45, 7) is 4.36. The maximum absolute atomic E-state index is 12.5. The molecule has 0 spiro atoms. The van der Waals surface area contributed by atoms with Crippen LogP contribution < -0.4 is 10.6 Å². The van der Waals surface area contributed by atoms with Gasteiger partial charge in [0.05, 0.1) is 12.6 Å². The van der Waals surface area contributed by atoms with Gasteiger partial charge in [0, 0.05) is 32.2 Å². The number of nitrogens with one attached hydrogen (secondary N) is 2. The van der Waals surface area contributed by atoms with Gasteiger partial charge in [-0.15, -0.1) is 0 Å². The number of carbonyl (C=O) groups is 3. The highest BCUT2D eigenvalue weighted by atomic mass is 16.2. The number of fused-ring (bicyclic) bond motifs is 1.